The summed E-state index contributed by atoms with van der Waals surface area (Å²) in [6, 6.07) is 12.2. The van der Waals surface area contributed by atoms with Gasteiger partial charge in [0.2, 0.25) is 5.91 Å². The predicted molar refractivity (Wildman–Crippen MR) is 96.9 cm³/mol. The number of nitrogens with zero attached hydrogens (tertiary/aromatic N) is 1. The lowest BCUT2D eigenvalue weighted by Gasteiger charge is -2.19. The van der Waals surface area contributed by atoms with Gasteiger partial charge >= 0.3 is 6.03 Å². The van der Waals surface area contributed by atoms with E-state index in [1.165, 1.54) is 0 Å². The molecule has 24 heavy (non-hydrogen) atoms. The van der Waals surface area contributed by atoms with Crippen LogP contribution in [0.2, 0.25) is 5.02 Å². The lowest BCUT2D eigenvalue weighted by molar-refractivity contribution is -0.117. The van der Waals surface area contributed by atoms with Gasteiger partial charge in [-0.15, -0.1) is 0 Å². The molecule has 5 nitrogen and oxygen atoms in total. The third-order valence-corrected chi connectivity index (χ3v) is 4.28. The van der Waals surface area contributed by atoms with Gasteiger partial charge in [-0.1, -0.05) is 29.8 Å². The molecule has 0 saturated carbocycles. The van der Waals surface area contributed by atoms with Gasteiger partial charge in [0.05, 0.1) is 10.7 Å². The summed E-state index contributed by atoms with van der Waals surface area (Å²) in [4.78, 5) is 25.9. The van der Waals surface area contributed by atoms with Gasteiger partial charge in [-0.25, -0.2) is 4.79 Å². The average Bonchev–Trinajstić information content (AvgIpc) is 2.97. The van der Waals surface area contributed by atoms with Crippen LogP contribution < -0.4 is 15.5 Å². The summed E-state index contributed by atoms with van der Waals surface area (Å²) in [5.41, 5.74) is 3.01. The maximum Gasteiger partial charge on any atom is 0.323 e. The fourth-order valence-electron chi connectivity index (χ4n) is 2.73. The third kappa shape index (κ3) is 3.51. The minimum Gasteiger partial charge on any atom is -0.312 e. The smallest absolute Gasteiger partial charge is 0.312 e. The second-order valence-electron chi connectivity index (χ2n) is 5.71. The number of nitrogens with one attached hydrogen (secondary N) is 2. The number of para-hydroxylation sites is 1. The second kappa shape index (κ2) is 6.93. The number of urea groups is 1. The zero-order chi connectivity index (χ0) is 17.1. The molecule has 0 bridgehead atoms. The number of rotatable bonds is 3. The Labute approximate surface area is 145 Å². The molecule has 3 rings (SSSR count). The second-order valence-corrected chi connectivity index (χ2v) is 6.12. The van der Waals surface area contributed by atoms with Crippen molar-refractivity contribution in [2.75, 3.05) is 22.1 Å². The summed E-state index contributed by atoms with van der Waals surface area (Å²) in [5, 5.41) is 5.96. The van der Waals surface area contributed by atoms with Gasteiger partial charge in [0.1, 0.15) is 0 Å². The minimum atomic E-state index is -0.384. The van der Waals surface area contributed by atoms with Crippen molar-refractivity contribution in [3.05, 3.63) is 53.1 Å². The van der Waals surface area contributed by atoms with Crippen LogP contribution in [0.15, 0.2) is 42.5 Å². The summed E-state index contributed by atoms with van der Waals surface area (Å²) >= 11 is 6.03. The zero-order valence-corrected chi connectivity index (χ0v) is 14.1. The van der Waals surface area contributed by atoms with Gasteiger partial charge in [0.25, 0.3) is 0 Å². The number of hydrogen-bond donors (Lipinski definition) is 2. The van der Waals surface area contributed by atoms with Gasteiger partial charge < -0.3 is 15.5 Å². The van der Waals surface area contributed by atoms with Crippen LogP contribution in [-0.4, -0.2) is 18.5 Å². The van der Waals surface area contributed by atoms with Crippen molar-refractivity contribution in [1.82, 2.24) is 0 Å². The van der Waals surface area contributed by atoms with Gasteiger partial charge in [0.15, 0.2) is 0 Å². The Bertz CT molecular complexity index is 792. The number of aryl methyl sites for hydroxylation is 1. The van der Waals surface area contributed by atoms with Gasteiger partial charge in [-0.2, -0.15) is 0 Å². The van der Waals surface area contributed by atoms with Crippen molar-refractivity contribution in [2.24, 2.45) is 0 Å². The fraction of sp³-hybridized carbons (Fsp3) is 0.222. The van der Waals surface area contributed by atoms with Crippen LogP contribution in [0.4, 0.5) is 21.9 Å². The Morgan fingerprint density at radius 2 is 1.96 bits per heavy atom. The maximum atomic E-state index is 12.2. The highest BCUT2D eigenvalue weighted by Crippen LogP contribution is 2.28. The predicted octanol–water partition coefficient (Wildman–Crippen LogP) is 4.42. The molecule has 0 atom stereocenters. The first-order valence-corrected chi connectivity index (χ1v) is 8.16. The lowest BCUT2D eigenvalue weighted by atomic mass is 10.1. The van der Waals surface area contributed by atoms with Crippen molar-refractivity contribution in [3.8, 4) is 0 Å². The number of carbonyl (C=O) groups is 2. The largest absolute Gasteiger partial charge is 0.323 e. The van der Waals surface area contributed by atoms with Crippen LogP contribution in [0, 0.1) is 6.92 Å². The first-order valence-electron chi connectivity index (χ1n) is 7.78. The Morgan fingerprint density at radius 1 is 1.17 bits per heavy atom. The standard InChI is InChI=1S/C18H18ClN3O2/c1-12-8-9-13(11-16(12)22-10-4-7-17(22)23)20-18(24)21-15-6-3-2-5-14(15)19/h2-3,5-6,8-9,11H,4,7,10H2,1H3,(H2,20,21,24). The van der Waals surface area contributed by atoms with Crippen LogP contribution in [0.5, 0.6) is 0 Å². The normalized spacial score (nSPS) is 13.9. The Kier molecular flexibility index (Phi) is 4.71. The summed E-state index contributed by atoms with van der Waals surface area (Å²) in [7, 11) is 0. The Balaban J connectivity index is 1.74. The van der Waals surface area contributed by atoms with Crippen molar-refractivity contribution >= 4 is 40.6 Å². The summed E-state index contributed by atoms with van der Waals surface area (Å²) in [6.07, 6.45) is 1.44. The van der Waals surface area contributed by atoms with Gasteiger partial charge in [0, 0.05) is 24.3 Å². The van der Waals surface area contributed by atoms with Gasteiger partial charge in [-0.3, -0.25) is 4.79 Å². The molecular formula is C18H18ClN3O2. The van der Waals surface area contributed by atoms with E-state index in [1.807, 2.05) is 25.1 Å². The van der Waals surface area contributed by atoms with Crippen molar-refractivity contribution in [1.29, 1.82) is 0 Å². The van der Waals surface area contributed by atoms with E-state index in [0.717, 1.165) is 24.2 Å². The molecule has 1 heterocycles. The number of anilines is 3. The summed E-state index contributed by atoms with van der Waals surface area (Å²) in [5.74, 6) is 0.121. The number of hydrogen-bond acceptors (Lipinski definition) is 2. The highest BCUT2D eigenvalue weighted by atomic mass is 35.5. The van der Waals surface area contributed by atoms with Crippen LogP contribution in [0.25, 0.3) is 0 Å². The van der Waals surface area contributed by atoms with E-state index in [4.69, 9.17) is 11.6 Å². The number of benzene rings is 2. The first-order chi connectivity index (χ1) is 11.5. The Morgan fingerprint density at radius 3 is 2.67 bits per heavy atom. The van der Waals surface area contributed by atoms with Crippen LogP contribution in [-0.2, 0) is 4.79 Å². The molecule has 0 spiro atoms. The minimum absolute atomic E-state index is 0.121. The van der Waals surface area contributed by atoms with Crippen LogP contribution in [0.1, 0.15) is 18.4 Å². The topological polar surface area (TPSA) is 61.4 Å². The molecule has 0 aromatic heterocycles. The molecule has 6 heteroatoms. The number of carbonyl (C=O) groups excluding carboxylic acids is 2. The van der Waals surface area contributed by atoms with Gasteiger partial charge in [-0.05, 0) is 43.2 Å². The number of amides is 3. The molecular weight excluding hydrogens is 326 g/mol. The van der Waals surface area contributed by atoms with E-state index in [0.29, 0.717) is 22.8 Å². The zero-order valence-electron chi connectivity index (χ0n) is 13.3. The van der Waals surface area contributed by atoms with E-state index in [2.05, 4.69) is 10.6 Å². The van der Waals surface area contributed by atoms with Crippen LogP contribution >= 0.6 is 11.6 Å². The van der Waals surface area contributed by atoms with E-state index in [9.17, 15) is 9.59 Å². The molecule has 0 unspecified atom stereocenters. The molecule has 2 aromatic rings. The maximum absolute atomic E-state index is 12.2. The van der Waals surface area contributed by atoms with Crippen molar-refractivity contribution in [3.63, 3.8) is 0 Å². The SMILES string of the molecule is Cc1ccc(NC(=O)Nc2ccccc2Cl)cc1N1CCCC1=O. The van der Waals surface area contributed by atoms with E-state index >= 15 is 0 Å². The molecule has 2 aromatic carbocycles. The third-order valence-electron chi connectivity index (χ3n) is 3.95. The summed E-state index contributed by atoms with van der Waals surface area (Å²) < 4.78 is 0. The monoisotopic (exact) mass is 343 g/mol. The van der Waals surface area contributed by atoms with E-state index < -0.39 is 0 Å². The van der Waals surface area contributed by atoms with E-state index in [1.54, 1.807) is 29.2 Å². The molecule has 0 aliphatic carbocycles. The molecule has 2 N–H and O–H groups in total. The Hall–Kier alpha value is -2.53. The highest BCUT2D eigenvalue weighted by Gasteiger charge is 2.23. The van der Waals surface area contributed by atoms with Crippen LogP contribution in [0.3, 0.4) is 0 Å². The molecule has 0 radical (unpaired) electrons. The van der Waals surface area contributed by atoms with E-state index in [-0.39, 0.29) is 11.9 Å². The van der Waals surface area contributed by atoms with Crippen molar-refractivity contribution < 1.29 is 9.59 Å². The highest BCUT2D eigenvalue weighted by molar-refractivity contribution is 6.33. The molecule has 1 saturated heterocycles. The quantitative estimate of drug-likeness (QED) is 0.866. The molecule has 1 aliphatic heterocycles. The average molecular weight is 344 g/mol. The summed E-state index contributed by atoms with van der Waals surface area (Å²) in [6.45, 7) is 2.67. The molecule has 124 valence electrons. The lowest BCUT2D eigenvalue weighted by Crippen LogP contribution is -2.25. The molecule has 1 fully saturated rings. The molecule has 1 aliphatic rings. The first kappa shape index (κ1) is 16.3. The molecule has 3 amide bonds. The fourth-order valence-corrected chi connectivity index (χ4v) is 2.91. The van der Waals surface area contributed by atoms with Crippen molar-refractivity contribution in [2.45, 2.75) is 19.8 Å². The number of halogens is 1.